The number of hydrogen-bond donors (Lipinski definition) is 3. The van der Waals surface area contributed by atoms with Crippen LogP contribution in [0.5, 0.6) is 0 Å². The van der Waals surface area contributed by atoms with Gasteiger partial charge in [0.25, 0.3) is 0 Å². The second-order valence-electron chi connectivity index (χ2n) is 4.76. The maximum Gasteiger partial charge on any atom is 0.217 e. The number of nitrogens with one attached hydrogen (secondary N) is 1. The van der Waals surface area contributed by atoms with Gasteiger partial charge in [-0.25, -0.2) is 0 Å². The number of aliphatic hydroxyl groups excluding tert-OH is 2. The molecule has 0 bridgehead atoms. The van der Waals surface area contributed by atoms with Gasteiger partial charge in [-0.05, 0) is 12.8 Å². The van der Waals surface area contributed by atoms with Crippen LogP contribution in [0.25, 0.3) is 0 Å². The Kier molecular flexibility index (Phi) is 4.29. The monoisotopic (exact) mass is 231 g/mol. The molecule has 0 radical (unpaired) electrons. The molecule has 5 atom stereocenters. The lowest BCUT2D eigenvalue weighted by molar-refractivity contribution is -0.191. The maximum absolute atomic E-state index is 11.0. The third kappa shape index (κ3) is 2.72. The smallest absolute Gasteiger partial charge is 0.217 e. The number of ether oxygens (including phenoxy) is 1. The maximum atomic E-state index is 11.0. The fraction of sp³-hybridized carbons (Fsp3) is 0.909. The first-order chi connectivity index (χ1) is 7.34. The van der Waals surface area contributed by atoms with Gasteiger partial charge >= 0.3 is 0 Å². The summed E-state index contributed by atoms with van der Waals surface area (Å²) in [6, 6.07) is -0.659. The molecular formula is C11H21NO4. The van der Waals surface area contributed by atoms with Gasteiger partial charge in [0.1, 0.15) is 12.2 Å². The van der Waals surface area contributed by atoms with Crippen molar-refractivity contribution in [3.8, 4) is 0 Å². The van der Waals surface area contributed by atoms with Crippen LogP contribution in [0.2, 0.25) is 0 Å². The van der Waals surface area contributed by atoms with Gasteiger partial charge in [0.15, 0.2) is 0 Å². The van der Waals surface area contributed by atoms with Crippen molar-refractivity contribution in [1.29, 1.82) is 0 Å². The molecule has 0 aromatic carbocycles. The summed E-state index contributed by atoms with van der Waals surface area (Å²) in [4.78, 5) is 11.0. The van der Waals surface area contributed by atoms with Gasteiger partial charge in [-0.3, -0.25) is 4.79 Å². The van der Waals surface area contributed by atoms with E-state index in [0.717, 1.165) is 0 Å². The highest BCUT2D eigenvalue weighted by molar-refractivity contribution is 5.73. The highest BCUT2D eigenvalue weighted by atomic mass is 16.5. The van der Waals surface area contributed by atoms with Gasteiger partial charge in [0, 0.05) is 6.92 Å². The van der Waals surface area contributed by atoms with Crippen LogP contribution in [0.15, 0.2) is 0 Å². The zero-order chi connectivity index (χ0) is 12.5. The van der Waals surface area contributed by atoms with Gasteiger partial charge in [-0.1, -0.05) is 13.8 Å². The molecular weight excluding hydrogens is 210 g/mol. The van der Waals surface area contributed by atoms with Gasteiger partial charge in [-0.2, -0.15) is 0 Å². The fourth-order valence-corrected chi connectivity index (χ4v) is 2.06. The Bertz CT molecular complexity index is 256. The van der Waals surface area contributed by atoms with Gasteiger partial charge in [0.2, 0.25) is 5.91 Å². The second kappa shape index (κ2) is 5.12. The van der Waals surface area contributed by atoms with Crippen LogP contribution in [0.1, 0.15) is 27.7 Å². The largest absolute Gasteiger partial charge is 0.388 e. The van der Waals surface area contributed by atoms with E-state index in [9.17, 15) is 15.0 Å². The molecule has 1 aliphatic rings. The van der Waals surface area contributed by atoms with E-state index < -0.39 is 24.4 Å². The minimum Gasteiger partial charge on any atom is -0.388 e. The number of hydrogen-bond acceptors (Lipinski definition) is 4. The average Bonchev–Trinajstić information content (AvgIpc) is 2.17. The third-order valence-electron chi connectivity index (χ3n) is 2.95. The number of amides is 1. The van der Waals surface area contributed by atoms with Crippen LogP contribution in [0.4, 0.5) is 0 Å². The van der Waals surface area contributed by atoms with Crippen LogP contribution in [0.3, 0.4) is 0 Å². The zero-order valence-corrected chi connectivity index (χ0v) is 10.2. The van der Waals surface area contributed by atoms with Crippen LogP contribution >= 0.6 is 0 Å². The van der Waals surface area contributed by atoms with Crippen molar-refractivity contribution < 1.29 is 19.7 Å². The summed E-state index contributed by atoms with van der Waals surface area (Å²) in [6.07, 6.45) is -2.52. The van der Waals surface area contributed by atoms with E-state index in [1.165, 1.54) is 6.92 Å². The third-order valence-corrected chi connectivity index (χ3v) is 2.95. The molecule has 0 aromatic heterocycles. The first-order valence-electron chi connectivity index (χ1n) is 5.63. The van der Waals surface area contributed by atoms with Crippen molar-refractivity contribution in [2.24, 2.45) is 5.92 Å². The minimum absolute atomic E-state index is 0.126. The van der Waals surface area contributed by atoms with E-state index in [-0.39, 0.29) is 17.9 Å². The summed E-state index contributed by atoms with van der Waals surface area (Å²) in [7, 11) is 0. The zero-order valence-electron chi connectivity index (χ0n) is 10.2. The molecule has 94 valence electrons. The molecule has 1 fully saturated rings. The Morgan fingerprint density at radius 3 is 2.31 bits per heavy atom. The van der Waals surface area contributed by atoms with E-state index >= 15 is 0 Å². The van der Waals surface area contributed by atoms with E-state index in [0.29, 0.717) is 0 Å². The quantitative estimate of drug-likeness (QED) is 0.607. The topological polar surface area (TPSA) is 78.8 Å². The van der Waals surface area contributed by atoms with Gasteiger partial charge < -0.3 is 20.3 Å². The average molecular weight is 231 g/mol. The summed E-state index contributed by atoms with van der Waals surface area (Å²) in [5.41, 5.74) is 0. The lowest BCUT2D eigenvalue weighted by atomic mass is 9.88. The molecule has 2 unspecified atom stereocenters. The Labute approximate surface area is 95.8 Å². The van der Waals surface area contributed by atoms with Crippen LogP contribution in [-0.4, -0.2) is 46.6 Å². The Morgan fingerprint density at radius 1 is 1.31 bits per heavy atom. The summed E-state index contributed by atoms with van der Waals surface area (Å²) >= 11 is 0. The van der Waals surface area contributed by atoms with Crippen LogP contribution in [-0.2, 0) is 9.53 Å². The molecule has 5 heteroatoms. The highest BCUT2D eigenvalue weighted by Crippen LogP contribution is 2.25. The molecule has 3 N–H and O–H groups in total. The summed E-state index contributed by atoms with van der Waals surface area (Å²) < 4.78 is 5.53. The van der Waals surface area contributed by atoms with Crippen molar-refractivity contribution in [3.63, 3.8) is 0 Å². The molecule has 1 saturated heterocycles. The van der Waals surface area contributed by atoms with Crippen LogP contribution in [0, 0.1) is 5.92 Å². The molecule has 16 heavy (non-hydrogen) atoms. The van der Waals surface area contributed by atoms with Crippen molar-refractivity contribution >= 4 is 5.91 Å². The Balaban J connectivity index is 2.81. The van der Waals surface area contributed by atoms with E-state index in [4.69, 9.17) is 4.74 Å². The minimum atomic E-state index is -0.881. The van der Waals surface area contributed by atoms with E-state index in [1.54, 1.807) is 6.92 Å². The molecule has 0 aromatic rings. The molecule has 0 saturated carbocycles. The predicted molar refractivity (Wildman–Crippen MR) is 58.8 cm³/mol. The normalized spacial score (nSPS) is 39.8. The highest BCUT2D eigenvalue weighted by Gasteiger charge is 2.43. The van der Waals surface area contributed by atoms with Crippen molar-refractivity contribution in [3.05, 3.63) is 0 Å². The van der Waals surface area contributed by atoms with E-state index in [2.05, 4.69) is 5.32 Å². The van der Waals surface area contributed by atoms with E-state index in [1.807, 2.05) is 13.8 Å². The number of carbonyl (C=O) groups excluding carboxylic acids is 1. The summed E-state index contributed by atoms with van der Waals surface area (Å²) in [5, 5.41) is 22.5. The Morgan fingerprint density at radius 2 is 1.88 bits per heavy atom. The van der Waals surface area contributed by atoms with Gasteiger partial charge in [0.05, 0.1) is 18.2 Å². The van der Waals surface area contributed by atoms with Crippen LogP contribution < -0.4 is 5.32 Å². The second-order valence-corrected chi connectivity index (χ2v) is 4.76. The summed E-state index contributed by atoms with van der Waals surface area (Å²) in [5.74, 6) is -0.138. The fourth-order valence-electron chi connectivity index (χ4n) is 2.06. The standard InChI is InChI=1S/C11H21NO4/c1-5(2)11-10(15)8(12-7(4)13)9(14)6(3)16-11/h5-6,8-11,14-15H,1-4H3,(H,12,13)/t6?,8-,9+,10?,11-/m0/s1. The number of rotatable bonds is 2. The predicted octanol–water partition coefficient (Wildman–Crippen LogP) is -0.344. The first kappa shape index (κ1) is 13.4. The molecule has 1 aliphatic heterocycles. The molecule has 0 spiro atoms. The van der Waals surface area contributed by atoms with Gasteiger partial charge in [-0.15, -0.1) is 0 Å². The molecule has 0 aliphatic carbocycles. The molecule has 1 rings (SSSR count). The molecule has 1 heterocycles. The van der Waals surface area contributed by atoms with Crippen molar-refractivity contribution in [1.82, 2.24) is 5.32 Å². The number of carbonyl (C=O) groups is 1. The lowest BCUT2D eigenvalue weighted by Gasteiger charge is -2.43. The van der Waals surface area contributed by atoms with Crippen molar-refractivity contribution in [2.75, 3.05) is 0 Å². The molecule has 5 nitrogen and oxygen atoms in total. The summed E-state index contributed by atoms with van der Waals surface area (Å²) in [6.45, 7) is 6.97. The first-order valence-corrected chi connectivity index (χ1v) is 5.63. The SMILES string of the molecule is CC(=O)N[C@@H]1C(O)[C@H](C(C)C)OC(C)[C@H]1O. The van der Waals surface area contributed by atoms with Crippen molar-refractivity contribution in [2.45, 2.75) is 58.2 Å². The number of aliphatic hydroxyl groups is 2. The Hall–Kier alpha value is -0.650. The molecule has 1 amide bonds. The lowest BCUT2D eigenvalue weighted by Crippen LogP contribution is -2.63.